The molecule has 1 fully saturated rings. The number of aryl methyl sites for hydroxylation is 1. The Kier molecular flexibility index (Phi) is 6.91. The Hall–Kier alpha value is -1.75. The fourth-order valence-electron chi connectivity index (χ4n) is 2.81. The standard InChI is InChI=1S/C18H24ClNO4/c1-13-10-15(8-9-16(13)19)23-12-18(22)24-11-17(21)20(2)14-6-4-3-5-7-14/h8-10,14H,3-7,11-12H2,1-2H3. The summed E-state index contributed by atoms with van der Waals surface area (Å²) in [5.74, 6) is -0.190. The van der Waals surface area contributed by atoms with Crippen molar-refractivity contribution in [1.29, 1.82) is 0 Å². The zero-order valence-electron chi connectivity index (χ0n) is 14.2. The number of esters is 1. The second-order valence-electron chi connectivity index (χ2n) is 6.16. The quantitative estimate of drug-likeness (QED) is 0.736. The van der Waals surface area contributed by atoms with Crippen molar-refractivity contribution in [2.75, 3.05) is 20.3 Å². The molecule has 132 valence electrons. The summed E-state index contributed by atoms with van der Waals surface area (Å²) in [6, 6.07) is 5.40. The highest BCUT2D eigenvalue weighted by Gasteiger charge is 2.22. The lowest BCUT2D eigenvalue weighted by Crippen LogP contribution is -2.40. The van der Waals surface area contributed by atoms with Crippen molar-refractivity contribution >= 4 is 23.5 Å². The summed E-state index contributed by atoms with van der Waals surface area (Å²) in [7, 11) is 1.78. The van der Waals surface area contributed by atoms with Gasteiger partial charge in [-0.1, -0.05) is 30.9 Å². The van der Waals surface area contributed by atoms with E-state index >= 15 is 0 Å². The number of rotatable bonds is 6. The minimum atomic E-state index is -0.562. The zero-order valence-corrected chi connectivity index (χ0v) is 15.0. The van der Waals surface area contributed by atoms with Crippen molar-refractivity contribution < 1.29 is 19.1 Å². The summed E-state index contributed by atoms with van der Waals surface area (Å²) in [5, 5.41) is 0.640. The van der Waals surface area contributed by atoms with E-state index < -0.39 is 5.97 Å². The van der Waals surface area contributed by atoms with Gasteiger partial charge >= 0.3 is 5.97 Å². The zero-order chi connectivity index (χ0) is 17.5. The van der Waals surface area contributed by atoms with Gasteiger partial charge in [0.05, 0.1) is 0 Å². The molecule has 0 atom stereocenters. The van der Waals surface area contributed by atoms with Crippen LogP contribution in [0.3, 0.4) is 0 Å². The number of hydrogen-bond acceptors (Lipinski definition) is 4. The van der Waals surface area contributed by atoms with Gasteiger partial charge in [-0.05, 0) is 43.5 Å². The smallest absolute Gasteiger partial charge is 0.344 e. The summed E-state index contributed by atoms with van der Waals surface area (Å²) in [4.78, 5) is 25.5. The Morgan fingerprint density at radius 3 is 2.58 bits per heavy atom. The third kappa shape index (κ3) is 5.41. The van der Waals surface area contributed by atoms with E-state index in [4.69, 9.17) is 21.1 Å². The van der Waals surface area contributed by atoms with Gasteiger partial charge in [-0.3, -0.25) is 4.79 Å². The molecule has 0 aromatic heterocycles. The van der Waals surface area contributed by atoms with E-state index in [0.29, 0.717) is 10.8 Å². The SMILES string of the molecule is Cc1cc(OCC(=O)OCC(=O)N(C)C2CCCCC2)ccc1Cl. The Labute approximate surface area is 147 Å². The number of ether oxygens (including phenoxy) is 2. The molecule has 0 heterocycles. The number of amides is 1. The average Bonchev–Trinajstić information content (AvgIpc) is 2.60. The molecular weight excluding hydrogens is 330 g/mol. The molecule has 1 amide bonds. The first kappa shape index (κ1) is 18.6. The van der Waals surface area contributed by atoms with E-state index in [2.05, 4.69) is 0 Å². The second-order valence-corrected chi connectivity index (χ2v) is 6.56. The van der Waals surface area contributed by atoms with E-state index in [9.17, 15) is 9.59 Å². The number of hydrogen-bond donors (Lipinski definition) is 0. The second kappa shape index (κ2) is 8.92. The predicted octanol–water partition coefficient (Wildman–Crippen LogP) is 3.36. The molecule has 0 N–H and O–H groups in total. The Balaban J connectivity index is 1.71. The molecule has 2 rings (SSSR count). The van der Waals surface area contributed by atoms with E-state index in [-0.39, 0.29) is 25.2 Å². The fraction of sp³-hybridized carbons (Fsp3) is 0.556. The first-order chi connectivity index (χ1) is 11.5. The van der Waals surface area contributed by atoms with E-state index in [1.807, 2.05) is 6.92 Å². The van der Waals surface area contributed by atoms with E-state index in [1.165, 1.54) is 6.42 Å². The average molecular weight is 354 g/mol. The fourth-order valence-corrected chi connectivity index (χ4v) is 2.92. The molecular formula is C18H24ClNO4. The lowest BCUT2D eigenvalue weighted by atomic mass is 9.94. The lowest BCUT2D eigenvalue weighted by Gasteiger charge is -2.31. The van der Waals surface area contributed by atoms with Gasteiger partial charge in [0.2, 0.25) is 0 Å². The number of likely N-dealkylation sites (N-methyl/N-ethyl adjacent to an activating group) is 1. The molecule has 0 bridgehead atoms. The van der Waals surface area contributed by atoms with Crippen molar-refractivity contribution in [3.63, 3.8) is 0 Å². The van der Waals surface area contributed by atoms with Crippen molar-refractivity contribution in [2.24, 2.45) is 0 Å². The number of carbonyl (C=O) groups is 2. The van der Waals surface area contributed by atoms with E-state index in [1.54, 1.807) is 30.1 Å². The van der Waals surface area contributed by atoms with Gasteiger partial charge in [0.15, 0.2) is 13.2 Å². The van der Waals surface area contributed by atoms with Crippen LogP contribution in [-0.4, -0.2) is 43.1 Å². The van der Waals surface area contributed by atoms with Crippen LogP contribution in [0.5, 0.6) is 5.75 Å². The molecule has 0 spiro atoms. The highest BCUT2D eigenvalue weighted by Crippen LogP contribution is 2.22. The maximum Gasteiger partial charge on any atom is 0.344 e. The van der Waals surface area contributed by atoms with Gasteiger partial charge in [0, 0.05) is 18.1 Å². The van der Waals surface area contributed by atoms with Crippen LogP contribution in [0.2, 0.25) is 5.02 Å². The third-order valence-corrected chi connectivity index (χ3v) is 4.78. The molecule has 1 aromatic rings. The Morgan fingerprint density at radius 2 is 1.92 bits per heavy atom. The number of benzene rings is 1. The molecule has 1 aromatic carbocycles. The molecule has 0 saturated heterocycles. The van der Waals surface area contributed by atoms with Crippen LogP contribution in [-0.2, 0) is 14.3 Å². The van der Waals surface area contributed by atoms with Gasteiger partial charge in [0.1, 0.15) is 5.75 Å². The van der Waals surface area contributed by atoms with Crippen LogP contribution in [0.15, 0.2) is 18.2 Å². The lowest BCUT2D eigenvalue weighted by molar-refractivity contribution is -0.154. The van der Waals surface area contributed by atoms with Crippen LogP contribution in [0.25, 0.3) is 0 Å². The van der Waals surface area contributed by atoms with Crippen LogP contribution in [0.4, 0.5) is 0 Å². The van der Waals surface area contributed by atoms with Crippen LogP contribution in [0, 0.1) is 6.92 Å². The van der Waals surface area contributed by atoms with Crippen LogP contribution < -0.4 is 4.74 Å². The monoisotopic (exact) mass is 353 g/mol. The molecule has 0 radical (unpaired) electrons. The van der Waals surface area contributed by atoms with Gasteiger partial charge < -0.3 is 14.4 Å². The summed E-state index contributed by atoms with van der Waals surface area (Å²) in [5.41, 5.74) is 0.867. The summed E-state index contributed by atoms with van der Waals surface area (Å²) >= 11 is 5.93. The maximum absolute atomic E-state index is 12.1. The third-order valence-electron chi connectivity index (χ3n) is 4.36. The summed E-state index contributed by atoms with van der Waals surface area (Å²) < 4.78 is 10.4. The highest BCUT2D eigenvalue weighted by molar-refractivity contribution is 6.31. The van der Waals surface area contributed by atoms with Crippen LogP contribution >= 0.6 is 11.6 Å². The minimum absolute atomic E-state index is 0.169. The first-order valence-corrected chi connectivity index (χ1v) is 8.65. The number of carbonyl (C=O) groups excluding carboxylic acids is 2. The minimum Gasteiger partial charge on any atom is -0.482 e. The van der Waals surface area contributed by atoms with Crippen molar-refractivity contribution in [1.82, 2.24) is 4.90 Å². The van der Waals surface area contributed by atoms with Gasteiger partial charge in [-0.2, -0.15) is 0 Å². The topological polar surface area (TPSA) is 55.8 Å². The summed E-state index contributed by atoms with van der Waals surface area (Å²) in [6.07, 6.45) is 5.58. The summed E-state index contributed by atoms with van der Waals surface area (Å²) in [6.45, 7) is 1.38. The van der Waals surface area contributed by atoms with Crippen LogP contribution in [0.1, 0.15) is 37.7 Å². The van der Waals surface area contributed by atoms with Crippen molar-refractivity contribution in [3.8, 4) is 5.75 Å². The first-order valence-electron chi connectivity index (χ1n) is 8.27. The van der Waals surface area contributed by atoms with Crippen molar-refractivity contribution in [2.45, 2.75) is 45.1 Å². The number of halogens is 1. The molecule has 1 saturated carbocycles. The molecule has 1 aliphatic rings. The van der Waals surface area contributed by atoms with Gasteiger partial charge in [-0.25, -0.2) is 4.79 Å². The normalized spacial score (nSPS) is 15.0. The Bertz CT molecular complexity index is 584. The maximum atomic E-state index is 12.1. The van der Waals surface area contributed by atoms with E-state index in [0.717, 1.165) is 31.2 Å². The molecule has 1 aliphatic carbocycles. The van der Waals surface area contributed by atoms with Gasteiger partial charge in [-0.15, -0.1) is 0 Å². The number of nitrogens with zero attached hydrogens (tertiary/aromatic N) is 1. The van der Waals surface area contributed by atoms with Gasteiger partial charge in [0.25, 0.3) is 5.91 Å². The molecule has 0 unspecified atom stereocenters. The molecule has 24 heavy (non-hydrogen) atoms. The molecule has 0 aliphatic heterocycles. The highest BCUT2D eigenvalue weighted by atomic mass is 35.5. The molecule has 5 nitrogen and oxygen atoms in total. The molecule has 6 heteroatoms. The predicted molar refractivity (Wildman–Crippen MR) is 92.3 cm³/mol. The Morgan fingerprint density at radius 1 is 1.21 bits per heavy atom. The largest absolute Gasteiger partial charge is 0.482 e. The van der Waals surface area contributed by atoms with Crippen molar-refractivity contribution in [3.05, 3.63) is 28.8 Å².